The Bertz CT molecular complexity index is 1990. The smallest absolute Gasteiger partial charge is 0.265 e. The van der Waals surface area contributed by atoms with Gasteiger partial charge in [0.15, 0.2) is 17.1 Å². The molecule has 3 aliphatic carbocycles. The number of hydrogen-bond acceptors (Lipinski definition) is 10. The molecule has 1 heterocycles. The topological polar surface area (TPSA) is 143 Å². The van der Waals surface area contributed by atoms with Crippen molar-refractivity contribution in [3.63, 3.8) is 0 Å². The van der Waals surface area contributed by atoms with E-state index < -0.39 is 46.6 Å². The fraction of sp³-hybridized carbons (Fsp3) is 0.289. The fourth-order valence-electron chi connectivity index (χ4n) is 7.47. The van der Waals surface area contributed by atoms with Crippen LogP contribution in [0, 0.1) is 17.7 Å². The lowest BCUT2D eigenvalue weighted by Crippen LogP contribution is -2.59. The Morgan fingerprint density at radius 2 is 1.67 bits per heavy atom. The third-order valence-electron chi connectivity index (χ3n) is 9.70. The van der Waals surface area contributed by atoms with E-state index in [-0.39, 0.29) is 77.9 Å². The summed E-state index contributed by atoms with van der Waals surface area (Å²) in [4.78, 5) is 30.6. The number of aliphatic hydroxyl groups is 3. The molecular formula is C38H35FN2O8. The van der Waals surface area contributed by atoms with E-state index in [0.29, 0.717) is 0 Å². The summed E-state index contributed by atoms with van der Waals surface area (Å²) in [6, 6.07) is 19.0. The van der Waals surface area contributed by atoms with Gasteiger partial charge in [0.05, 0.1) is 18.2 Å². The molecule has 11 heteroatoms. The number of aromatic nitrogens is 1. The molecule has 0 fully saturated rings. The van der Waals surface area contributed by atoms with Crippen molar-refractivity contribution in [2.24, 2.45) is 11.8 Å². The highest BCUT2D eigenvalue weighted by Crippen LogP contribution is 2.56. The Morgan fingerprint density at radius 3 is 2.31 bits per heavy atom. The second kappa shape index (κ2) is 12.7. The number of ether oxygens (including phenoxy) is 2. The van der Waals surface area contributed by atoms with E-state index >= 15 is 4.39 Å². The SMILES string of the molecule is CN(C)[C@@H]1c2onc(OCc3ccccc3)c2C(=O)[C@@]2(O)C(O)=C3C(=O)c4c(c(F)cc(/C=C/CO)c4OCc4ccccc4)C[C@H]3C[C@@H]12. The quantitative estimate of drug-likeness (QED) is 0.213. The van der Waals surface area contributed by atoms with E-state index in [1.807, 2.05) is 60.7 Å². The molecule has 0 saturated carbocycles. The molecule has 4 atom stereocenters. The molecule has 3 aromatic carbocycles. The second-order valence-electron chi connectivity index (χ2n) is 12.8. The van der Waals surface area contributed by atoms with Gasteiger partial charge in [0.1, 0.15) is 36.1 Å². The number of nitrogens with zero attached hydrogens (tertiary/aromatic N) is 2. The van der Waals surface area contributed by atoms with Crippen molar-refractivity contribution in [3.8, 4) is 11.6 Å². The van der Waals surface area contributed by atoms with Crippen molar-refractivity contribution in [2.75, 3.05) is 20.7 Å². The van der Waals surface area contributed by atoms with Crippen LogP contribution in [0.3, 0.4) is 0 Å². The largest absolute Gasteiger partial charge is 0.508 e. The minimum Gasteiger partial charge on any atom is -0.508 e. The van der Waals surface area contributed by atoms with Crippen molar-refractivity contribution in [1.29, 1.82) is 0 Å². The molecule has 10 nitrogen and oxygen atoms in total. The Hall–Kier alpha value is -5.10. The molecule has 0 aliphatic heterocycles. The summed E-state index contributed by atoms with van der Waals surface area (Å²) in [7, 11) is 3.49. The molecule has 3 aliphatic rings. The van der Waals surface area contributed by atoms with Crippen LogP contribution in [0.5, 0.6) is 11.6 Å². The van der Waals surface area contributed by atoms with Crippen LogP contribution in [-0.2, 0) is 19.6 Å². The zero-order valence-electron chi connectivity index (χ0n) is 26.9. The van der Waals surface area contributed by atoms with E-state index in [0.717, 1.165) is 11.1 Å². The molecule has 0 radical (unpaired) electrons. The minimum atomic E-state index is -2.53. The van der Waals surface area contributed by atoms with E-state index in [9.17, 15) is 24.9 Å². The van der Waals surface area contributed by atoms with Crippen LogP contribution in [-0.4, -0.2) is 63.2 Å². The highest BCUT2D eigenvalue weighted by atomic mass is 19.1. The van der Waals surface area contributed by atoms with Crippen LogP contribution < -0.4 is 9.47 Å². The van der Waals surface area contributed by atoms with Gasteiger partial charge in [-0.3, -0.25) is 14.5 Å². The number of ketones is 2. The van der Waals surface area contributed by atoms with Crippen molar-refractivity contribution in [1.82, 2.24) is 10.1 Å². The van der Waals surface area contributed by atoms with Crippen LogP contribution in [0.15, 0.2) is 88.7 Å². The van der Waals surface area contributed by atoms with Crippen LogP contribution in [0.4, 0.5) is 4.39 Å². The first-order valence-corrected chi connectivity index (χ1v) is 16.0. The summed E-state index contributed by atoms with van der Waals surface area (Å²) in [6.07, 6.45) is 2.92. The van der Waals surface area contributed by atoms with Gasteiger partial charge in [-0.15, -0.1) is 0 Å². The van der Waals surface area contributed by atoms with E-state index in [2.05, 4.69) is 5.16 Å². The molecule has 0 amide bonds. The van der Waals surface area contributed by atoms with Crippen LogP contribution in [0.1, 0.15) is 61.2 Å². The number of benzene rings is 3. The summed E-state index contributed by atoms with van der Waals surface area (Å²) < 4.78 is 33.6. The molecule has 0 spiro atoms. The lowest BCUT2D eigenvalue weighted by atomic mass is 9.58. The Kier molecular flexibility index (Phi) is 8.43. The van der Waals surface area contributed by atoms with Gasteiger partial charge >= 0.3 is 0 Å². The lowest BCUT2D eigenvalue weighted by molar-refractivity contribution is -0.0559. The maximum atomic E-state index is 15.9. The monoisotopic (exact) mass is 666 g/mol. The van der Waals surface area contributed by atoms with E-state index in [1.165, 1.54) is 18.2 Å². The third-order valence-corrected chi connectivity index (χ3v) is 9.70. The fourth-order valence-corrected chi connectivity index (χ4v) is 7.47. The van der Waals surface area contributed by atoms with Crippen molar-refractivity contribution < 1.29 is 43.3 Å². The van der Waals surface area contributed by atoms with Gasteiger partial charge in [-0.1, -0.05) is 72.8 Å². The number of fused-ring (bicyclic) bond motifs is 4. The first-order chi connectivity index (χ1) is 23.6. The Labute approximate surface area is 281 Å². The normalized spacial score (nSPS) is 22.9. The maximum absolute atomic E-state index is 15.9. The van der Waals surface area contributed by atoms with Crippen molar-refractivity contribution >= 4 is 17.6 Å². The first-order valence-electron chi connectivity index (χ1n) is 16.0. The molecule has 3 N–H and O–H groups in total. The molecule has 1 aromatic heterocycles. The average Bonchev–Trinajstić information content (AvgIpc) is 3.52. The lowest BCUT2D eigenvalue weighted by Gasteiger charge is -2.49. The summed E-state index contributed by atoms with van der Waals surface area (Å²) in [5, 5.41) is 37.8. The number of aliphatic hydroxyl groups excluding tert-OH is 2. The molecule has 252 valence electrons. The third kappa shape index (κ3) is 5.34. The van der Waals surface area contributed by atoms with Crippen LogP contribution in [0.2, 0.25) is 0 Å². The predicted molar refractivity (Wildman–Crippen MR) is 176 cm³/mol. The Balaban J connectivity index is 1.33. The van der Waals surface area contributed by atoms with Crippen LogP contribution in [0.25, 0.3) is 6.08 Å². The summed E-state index contributed by atoms with van der Waals surface area (Å²) >= 11 is 0. The Morgan fingerprint density at radius 1 is 1.02 bits per heavy atom. The zero-order chi connectivity index (χ0) is 34.4. The maximum Gasteiger partial charge on any atom is 0.265 e. The second-order valence-corrected chi connectivity index (χ2v) is 12.8. The van der Waals surface area contributed by atoms with Gasteiger partial charge in [0, 0.05) is 22.6 Å². The summed E-state index contributed by atoms with van der Waals surface area (Å²) in [6.45, 7) is -0.210. The molecule has 4 aromatic rings. The zero-order valence-corrected chi connectivity index (χ0v) is 26.9. The van der Waals surface area contributed by atoms with Gasteiger partial charge in [0.2, 0.25) is 5.78 Å². The number of halogens is 1. The van der Waals surface area contributed by atoms with Gasteiger partial charge in [-0.25, -0.2) is 4.39 Å². The standard InChI is InChI=1S/C38H35FN2O8/c1-41(2)31-26-17-24-16-25-27(39)18-23(14-9-15-42)33(47-19-21-10-5-3-6-11-21)29(25)32(43)28(24)35(44)38(26,46)36(45)30-34(31)49-40-37(30)48-20-22-12-7-4-8-13-22/h3-14,18,24,26,31,42,44,46H,15-17,19-20H2,1-2H3/b14-9+/t24-,26-,31-,38-/m0/s1. The number of rotatable bonds is 9. The van der Waals surface area contributed by atoms with Gasteiger partial charge in [0.25, 0.3) is 5.88 Å². The predicted octanol–water partition coefficient (Wildman–Crippen LogP) is 5.39. The first kappa shape index (κ1) is 32.4. The van der Waals surface area contributed by atoms with Crippen molar-refractivity contribution in [2.45, 2.75) is 37.7 Å². The van der Waals surface area contributed by atoms with Gasteiger partial charge < -0.3 is 29.3 Å². The van der Waals surface area contributed by atoms with E-state index in [1.54, 1.807) is 19.0 Å². The summed E-state index contributed by atoms with van der Waals surface area (Å²) in [5.74, 6) is -4.66. The van der Waals surface area contributed by atoms with Gasteiger partial charge in [-0.2, -0.15) is 0 Å². The number of hydrogen-bond donors (Lipinski definition) is 3. The number of allylic oxidation sites excluding steroid dienone is 1. The average molecular weight is 667 g/mol. The highest BCUT2D eigenvalue weighted by Gasteiger charge is 2.64. The molecule has 0 bridgehead atoms. The molecule has 0 saturated heterocycles. The molecule has 0 unspecified atom stereocenters. The number of carbonyl (C=O) groups is 2. The van der Waals surface area contributed by atoms with E-state index in [4.69, 9.17) is 14.0 Å². The molecular weight excluding hydrogens is 631 g/mol. The molecule has 7 rings (SSSR count). The number of Topliss-reactive ketones (excluding diaryl/α,β-unsaturated/α-hetero) is 2. The minimum absolute atomic E-state index is 0.00755. The van der Waals surface area contributed by atoms with Crippen LogP contribution >= 0.6 is 0 Å². The molecule has 49 heavy (non-hydrogen) atoms. The summed E-state index contributed by atoms with van der Waals surface area (Å²) in [5.41, 5.74) is -0.974. The highest BCUT2D eigenvalue weighted by molar-refractivity contribution is 6.16. The number of carbonyl (C=O) groups excluding carboxylic acids is 2. The van der Waals surface area contributed by atoms with Gasteiger partial charge in [-0.05, 0) is 55.2 Å². The van der Waals surface area contributed by atoms with Crippen molar-refractivity contribution in [3.05, 3.63) is 129 Å².